The van der Waals surface area contributed by atoms with Gasteiger partial charge in [0.2, 0.25) is 10.0 Å². The zero-order valence-corrected chi connectivity index (χ0v) is 13.7. The molecule has 2 aromatic rings. The largest absolute Gasteiger partial charge is 0.380 e. The van der Waals surface area contributed by atoms with Crippen LogP contribution in [0.1, 0.15) is 24.5 Å². The highest BCUT2D eigenvalue weighted by atomic mass is 32.2. The van der Waals surface area contributed by atoms with Crippen LogP contribution in [0.25, 0.3) is 0 Å². The van der Waals surface area contributed by atoms with Gasteiger partial charge in [-0.25, -0.2) is 13.4 Å². The number of rotatable bonds is 7. The molecule has 0 fully saturated rings. The van der Waals surface area contributed by atoms with Gasteiger partial charge in [0.05, 0.1) is 17.6 Å². The van der Waals surface area contributed by atoms with Crippen molar-refractivity contribution in [3.63, 3.8) is 0 Å². The molecule has 0 spiro atoms. The second kappa shape index (κ2) is 7.26. The van der Waals surface area contributed by atoms with Gasteiger partial charge in [-0.1, -0.05) is 31.2 Å². The third-order valence-electron chi connectivity index (χ3n) is 3.24. The quantitative estimate of drug-likeness (QED) is 0.822. The van der Waals surface area contributed by atoms with E-state index in [1.165, 1.54) is 11.1 Å². The molecule has 6 heteroatoms. The Morgan fingerprint density at radius 3 is 2.55 bits per heavy atom. The lowest BCUT2D eigenvalue weighted by atomic mass is 10.1. The average Bonchev–Trinajstić information content (AvgIpc) is 2.47. The molecule has 0 amide bonds. The molecule has 22 heavy (non-hydrogen) atoms. The van der Waals surface area contributed by atoms with Gasteiger partial charge in [-0.15, -0.1) is 0 Å². The predicted octanol–water partition coefficient (Wildman–Crippen LogP) is 3.15. The van der Waals surface area contributed by atoms with Crippen molar-refractivity contribution in [2.75, 3.05) is 15.8 Å². The second-order valence-electron chi connectivity index (χ2n) is 5.13. The summed E-state index contributed by atoms with van der Waals surface area (Å²) in [5, 5.41) is 3.28. The van der Waals surface area contributed by atoms with Crippen molar-refractivity contribution in [1.82, 2.24) is 4.98 Å². The normalized spacial score (nSPS) is 11.2. The molecule has 1 aromatic heterocycles. The maximum absolute atomic E-state index is 11.7. The first-order valence-corrected chi connectivity index (χ1v) is 8.90. The van der Waals surface area contributed by atoms with E-state index < -0.39 is 10.0 Å². The summed E-state index contributed by atoms with van der Waals surface area (Å²) < 4.78 is 25.8. The molecule has 2 N–H and O–H groups in total. The van der Waals surface area contributed by atoms with Crippen LogP contribution in [0.5, 0.6) is 0 Å². The standard InChI is InChI=1S/C16H21N3O2S/c1-3-10-22(20,21)19-16-9-8-15(12-18-16)17-11-14-7-5-4-6-13(14)2/h4-9,12,17H,3,10-11H2,1-2H3,(H,18,19). The fourth-order valence-corrected chi connectivity index (χ4v) is 3.12. The zero-order chi connectivity index (χ0) is 16.0. The predicted molar refractivity (Wildman–Crippen MR) is 90.4 cm³/mol. The number of benzene rings is 1. The van der Waals surface area contributed by atoms with E-state index in [1.54, 1.807) is 12.3 Å². The lowest BCUT2D eigenvalue weighted by Gasteiger charge is -2.10. The molecule has 0 saturated carbocycles. The van der Waals surface area contributed by atoms with Gasteiger partial charge >= 0.3 is 0 Å². The minimum Gasteiger partial charge on any atom is -0.380 e. The SMILES string of the molecule is CCCS(=O)(=O)Nc1ccc(NCc2ccccc2C)cn1. The van der Waals surface area contributed by atoms with Crippen molar-refractivity contribution in [2.45, 2.75) is 26.8 Å². The van der Waals surface area contributed by atoms with Crippen molar-refractivity contribution >= 4 is 21.5 Å². The molecular formula is C16H21N3O2S. The Kier molecular flexibility index (Phi) is 5.38. The second-order valence-corrected chi connectivity index (χ2v) is 6.97. The maximum Gasteiger partial charge on any atom is 0.233 e. The van der Waals surface area contributed by atoms with E-state index in [2.05, 4.69) is 34.1 Å². The molecular weight excluding hydrogens is 298 g/mol. The number of aromatic nitrogens is 1. The summed E-state index contributed by atoms with van der Waals surface area (Å²) in [6, 6.07) is 11.6. The highest BCUT2D eigenvalue weighted by molar-refractivity contribution is 7.92. The fraction of sp³-hybridized carbons (Fsp3) is 0.312. The van der Waals surface area contributed by atoms with Gasteiger partial charge in [-0.3, -0.25) is 4.72 Å². The highest BCUT2D eigenvalue weighted by Crippen LogP contribution is 2.14. The first-order valence-electron chi connectivity index (χ1n) is 7.25. The van der Waals surface area contributed by atoms with Crippen molar-refractivity contribution in [1.29, 1.82) is 0 Å². The highest BCUT2D eigenvalue weighted by Gasteiger charge is 2.09. The van der Waals surface area contributed by atoms with Crippen LogP contribution >= 0.6 is 0 Å². The third kappa shape index (κ3) is 4.73. The number of aryl methyl sites for hydroxylation is 1. The van der Waals surface area contributed by atoms with E-state index in [1.807, 2.05) is 25.1 Å². The topological polar surface area (TPSA) is 71.1 Å². The number of nitrogens with zero attached hydrogens (tertiary/aromatic N) is 1. The van der Waals surface area contributed by atoms with E-state index >= 15 is 0 Å². The minimum atomic E-state index is -3.29. The van der Waals surface area contributed by atoms with Crippen LogP contribution in [0.2, 0.25) is 0 Å². The smallest absolute Gasteiger partial charge is 0.233 e. The van der Waals surface area contributed by atoms with Gasteiger partial charge in [0.25, 0.3) is 0 Å². The van der Waals surface area contributed by atoms with Crippen LogP contribution in [0.3, 0.4) is 0 Å². The van der Waals surface area contributed by atoms with Crippen LogP contribution < -0.4 is 10.0 Å². The molecule has 0 atom stereocenters. The van der Waals surface area contributed by atoms with Crippen LogP contribution in [-0.2, 0) is 16.6 Å². The Morgan fingerprint density at radius 1 is 1.14 bits per heavy atom. The monoisotopic (exact) mass is 319 g/mol. The Labute approximate surface area is 131 Å². The number of hydrogen-bond donors (Lipinski definition) is 2. The van der Waals surface area contributed by atoms with Crippen LogP contribution in [0.15, 0.2) is 42.6 Å². The average molecular weight is 319 g/mol. The summed E-state index contributed by atoms with van der Waals surface area (Å²) in [5.41, 5.74) is 3.30. The van der Waals surface area contributed by atoms with Gasteiger partial charge < -0.3 is 5.32 Å². The first-order chi connectivity index (χ1) is 10.5. The number of pyridine rings is 1. The Balaban J connectivity index is 1.96. The molecule has 0 aliphatic carbocycles. The molecule has 1 heterocycles. The van der Waals surface area contributed by atoms with Crippen LogP contribution in [-0.4, -0.2) is 19.2 Å². The summed E-state index contributed by atoms with van der Waals surface area (Å²) >= 11 is 0. The maximum atomic E-state index is 11.7. The number of anilines is 2. The number of nitrogens with one attached hydrogen (secondary N) is 2. The van der Waals surface area contributed by atoms with E-state index in [9.17, 15) is 8.42 Å². The van der Waals surface area contributed by atoms with Crippen LogP contribution in [0.4, 0.5) is 11.5 Å². The van der Waals surface area contributed by atoms with Crippen molar-refractivity contribution in [3.8, 4) is 0 Å². The Bertz CT molecular complexity index is 712. The third-order valence-corrected chi connectivity index (χ3v) is 4.71. The van der Waals surface area contributed by atoms with E-state index in [0.29, 0.717) is 18.8 Å². The molecule has 5 nitrogen and oxygen atoms in total. The molecule has 0 radical (unpaired) electrons. The molecule has 1 aromatic carbocycles. The van der Waals surface area contributed by atoms with Crippen molar-refractivity contribution in [3.05, 3.63) is 53.7 Å². The van der Waals surface area contributed by atoms with E-state index in [-0.39, 0.29) is 5.75 Å². The molecule has 0 aliphatic rings. The summed E-state index contributed by atoms with van der Waals surface area (Å²) in [6.07, 6.45) is 2.20. The van der Waals surface area contributed by atoms with Crippen LogP contribution in [0, 0.1) is 6.92 Å². The Morgan fingerprint density at radius 2 is 1.91 bits per heavy atom. The fourth-order valence-electron chi connectivity index (χ4n) is 2.04. The lowest BCUT2D eigenvalue weighted by Crippen LogP contribution is -2.16. The minimum absolute atomic E-state index is 0.0992. The van der Waals surface area contributed by atoms with E-state index in [4.69, 9.17) is 0 Å². The van der Waals surface area contributed by atoms with E-state index in [0.717, 1.165) is 5.69 Å². The van der Waals surface area contributed by atoms with Crippen molar-refractivity contribution in [2.24, 2.45) is 0 Å². The lowest BCUT2D eigenvalue weighted by molar-refractivity contribution is 0.599. The summed E-state index contributed by atoms with van der Waals surface area (Å²) in [4.78, 5) is 4.13. The van der Waals surface area contributed by atoms with Crippen molar-refractivity contribution < 1.29 is 8.42 Å². The first kappa shape index (κ1) is 16.3. The summed E-state index contributed by atoms with van der Waals surface area (Å²) in [6.45, 7) is 4.60. The molecule has 0 aliphatic heterocycles. The van der Waals surface area contributed by atoms with Gasteiger partial charge in [0.1, 0.15) is 5.82 Å². The number of hydrogen-bond acceptors (Lipinski definition) is 4. The van der Waals surface area contributed by atoms with Gasteiger partial charge in [-0.2, -0.15) is 0 Å². The number of sulfonamides is 1. The van der Waals surface area contributed by atoms with Gasteiger partial charge in [-0.05, 0) is 36.6 Å². The molecule has 0 saturated heterocycles. The molecule has 118 valence electrons. The molecule has 0 bridgehead atoms. The zero-order valence-electron chi connectivity index (χ0n) is 12.8. The van der Waals surface area contributed by atoms with Gasteiger partial charge in [0, 0.05) is 6.54 Å². The van der Waals surface area contributed by atoms with Gasteiger partial charge in [0.15, 0.2) is 0 Å². The molecule has 2 rings (SSSR count). The molecule has 0 unspecified atom stereocenters. The Hall–Kier alpha value is -2.08. The summed E-state index contributed by atoms with van der Waals surface area (Å²) in [7, 11) is -3.29. The summed E-state index contributed by atoms with van der Waals surface area (Å²) in [5.74, 6) is 0.442.